The van der Waals surface area contributed by atoms with E-state index in [9.17, 15) is 0 Å². The fourth-order valence-corrected chi connectivity index (χ4v) is 1.60. The van der Waals surface area contributed by atoms with Crippen molar-refractivity contribution in [2.24, 2.45) is 0 Å². The fourth-order valence-electron chi connectivity index (χ4n) is 0.604. The van der Waals surface area contributed by atoms with Crippen LogP contribution in [0.5, 0.6) is 0 Å². The molecule has 2 heteroatoms. The summed E-state index contributed by atoms with van der Waals surface area (Å²) < 4.78 is 1.22. The maximum Gasteiger partial charge on any atom is 0.00828 e. The van der Waals surface area contributed by atoms with Crippen molar-refractivity contribution in [3.63, 3.8) is 0 Å². The second kappa shape index (κ2) is 4.28. The highest BCUT2D eigenvalue weighted by molar-refractivity contribution is 14.1. The van der Waals surface area contributed by atoms with E-state index < -0.39 is 0 Å². The van der Waals surface area contributed by atoms with Gasteiger partial charge in [-0.1, -0.05) is 28.7 Å². The van der Waals surface area contributed by atoms with Crippen LogP contribution in [0.2, 0.25) is 0 Å². The maximum absolute atomic E-state index is 2.39. The van der Waals surface area contributed by atoms with Crippen LogP contribution in [0.15, 0.2) is 17.5 Å². The second-order valence-electron chi connectivity index (χ2n) is 1.70. The summed E-state index contributed by atoms with van der Waals surface area (Å²) in [5.74, 6) is 0. The van der Waals surface area contributed by atoms with Crippen LogP contribution in [0.1, 0.15) is 11.3 Å². The van der Waals surface area contributed by atoms with Crippen molar-refractivity contribution in [2.45, 2.75) is 6.42 Å². The zero-order valence-electron chi connectivity index (χ0n) is 5.01. The van der Waals surface area contributed by atoms with Crippen molar-refractivity contribution in [3.8, 4) is 0 Å². The molecule has 0 N–H and O–H groups in total. The highest BCUT2D eigenvalue weighted by Gasteiger charge is 1.90. The smallest absolute Gasteiger partial charge is 0.00828 e. The van der Waals surface area contributed by atoms with Gasteiger partial charge in [0.2, 0.25) is 0 Å². The van der Waals surface area contributed by atoms with Crippen LogP contribution in [-0.2, 0) is 0 Å². The van der Waals surface area contributed by atoms with E-state index in [-0.39, 0.29) is 0 Å². The van der Waals surface area contributed by atoms with Crippen LogP contribution in [-0.4, -0.2) is 4.43 Å². The van der Waals surface area contributed by atoms with Crippen LogP contribution >= 0.6 is 33.9 Å². The van der Waals surface area contributed by atoms with Gasteiger partial charge in [-0.2, -0.15) is 0 Å². The number of alkyl halides is 1. The van der Waals surface area contributed by atoms with Crippen LogP contribution in [0.25, 0.3) is 0 Å². The lowest BCUT2D eigenvalue weighted by Crippen LogP contribution is -1.75. The molecule has 0 aromatic carbocycles. The molecule has 0 amide bonds. The highest BCUT2D eigenvalue weighted by atomic mass is 127. The Hall–Kier alpha value is 0.430. The lowest BCUT2D eigenvalue weighted by molar-refractivity contribution is 1.18. The quantitative estimate of drug-likeness (QED) is 0.572. The Kier molecular flexibility index (Phi) is 3.58. The molecule has 1 aromatic rings. The third-order valence-electron chi connectivity index (χ3n) is 0.998. The van der Waals surface area contributed by atoms with Gasteiger partial charge in [0.05, 0.1) is 0 Å². The van der Waals surface area contributed by atoms with E-state index in [0.29, 0.717) is 0 Å². The van der Waals surface area contributed by atoms with Gasteiger partial charge in [0.15, 0.2) is 0 Å². The van der Waals surface area contributed by atoms with E-state index >= 15 is 0 Å². The van der Waals surface area contributed by atoms with E-state index in [1.165, 1.54) is 15.7 Å². The van der Waals surface area contributed by atoms with E-state index in [2.05, 4.69) is 46.5 Å². The Balaban J connectivity index is 2.30. The minimum absolute atomic E-state index is 1.20. The van der Waals surface area contributed by atoms with Crippen molar-refractivity contribution in [2.75, 3.05) is 4.43 Å². The van der Waals surface area contributed by atoms with Gasteiger partial charge in [0, 0.05) is 15.7 Å². The number of hydrogen-bond acceptors (Lipinski definition) is 1. The van der Waals surface area contributed by atoms with Gasteiger partial charge in [0.25, 0.3) is 0 Å². The molecular weight excluding hydrogens is 243 g/mol. The van der Waals surface area contributed by atoms with Gasteiger partial charge >= 0.3 is 0 Å². The molecule has 1 heterocycles. The van der Waals surface area contributed by atoms with E-state index in [1.807, 2.05) is 0 Å². The summed E-state index contributed by atoms with van der Waals surface area (Å²) in [6.45, 7) is 0. The van der Waals surface area contributed by atoms with Crippen molar-refractivity contribution < 1.29 is 0 Å². The SMILES string of the molecule is ICC[CH]c1cccs1. The predicted molar refractivity (Wildman–Crippen MR) is 51.2 cm³/mol. The Bertz CT molecular complexity index is 146. The zero-order chi connectivity index (χ0) is 6.53. The lowest BCUT2D eigenvalue weighted by Gasteiger charge is -1.88. The summed E-state index contributed by atoms with van der Waals surface area (Å²) in [5.41, 5.74) is 0. The van der Waals surface area contributed by atoms with Crippen molar-refractivity contribution in [3.05, 3.63) is 28.8 Å². The first-order valence-electron chi connectivity index (χ1n) is 2.86. The molecule has 1 rings (SSSR count). The van der Waals surface area contributed by atoms with E-state index in [1.54, 1.807) is 11.3 Å². The molecule has 0 saturated heterocycles. The first-order chi connectivity index (χ1) is 4.43. The molecule has 1 aromatic heterocycles. The monoisotopic (exact) mass is 251 g/mol. The molecule has 0 bridgehead atoms. The maximum atomic E-state index is 2.39. The summed E-state index contributed by atoms with van der Waals surface area (Å²) >= 11 is 4.19. The van der Waals surface area contributed by atoms with E-state index in [4.69, 9.17) is 0 Å². The summed E-state index contributed by atoms with van der Waals surface area (Å²) in [6, 6.07) is 4.24. The van der Waals surface area contributed by atoms with Crippen molar-refractivity contribution >= 4 is 33.9 Å². The molecule has 0 nitrogen and oxygen atoms in total. The normalized spacial score (nSPS) is 9.89. The number of halogens is 1. The molecular formula is C7H8IS. The molecule has 49 valence electrons. The predicted octanol–water partition coefficient (Wildman–Crippen LogP) is 3.13. The van der Waals surface area contributed by atoms with Crippen LogP contribution < -0.4 is 0 Å². The van der Waals surface area contributed by atoms with Crippen LogP contribution in [0.3, 0.4) is 0 Å². The summed E-state index contributed by atoms with van der Waals surface area (Å²) in [5, 5.41) is 2.11. The summed E-state index contributed by atoms with van der Waals surface area (Å²) in [4.78, 5) is 1.40. The van der Waals surface area contributed by atoms with Gasteiger partial charge in [-0.15, -0.1) is 11.3 Å². The first kappa shape index (κ1) is 7.54. The molecule has 0 spiro atoms. The van der Waals surface area contributed by atoms with Gasteiger partial charge in [-0.25, -0.2) is 0 Å². The molecule has 0 aliphatic carbocycles. The standard InChI is InChI=1S/C7H8IS/c8-5-1-3-7-4-2-6-9-7/h2-4,6H,1,5H2. The number of thiophene rings is 1. The average Bonchev–Trinajstić information content (AvgIpc) is 2.34. The molecule has 0 atom stereocenters. The molecule has 0 aliphatic heterocycles. The third kappa shape index (κ3) is 2.67. The minimum atomic E-state index is 1.20. The van der Waals surface area contributed by atoms with Gasteiger partial charge in [-0.05, 0) is 17.9 Å². The molecule has 0 saturated carbocycles. The van der Waals surface area contributed by atoms with Crippen LogP contribution in [0.4, 0.5) is 0 Å². The first-order valence-corrected chi connectivity index (χ1v) is 5.26. The third-order valence-corrected chi connectivity index (χ3v) is 2.49. The average molecular weight is 251 g/mol. The number of hydrogen-bond donors (Lipinski definition) is 0. The van der Waals surface area contributed by atoms with Crippen LogP contribution in [0, 0.1) is 6.42 Å². The van der Waals surface area contributed by atoms with E-state index in [0.717, 1.165) is 0 Å². The Morgan fingerprint density at radius 2 is 2.56 bits per heavy atom. The van der Waals surface area contributed by atoms with Gasteiger partial charge < -0.3 is 0 Å². The topological polar surface area (TPSA) is 0 Å². The fraction of sp³-hybridized carbons (Fsp3) is 0.286. The second-order valence-corrected chi connectivity index (χ2v) is 3.76. The summed E-state index contributed by atoms with van der Waals surface area (Å²) in [6.07, 6.45) is 3.47. The molecule has 9 heavy (non-hydrogen) atoms. The zero-order valence-corrected chi connectivity index (χ0v) is 7.98. The largest absolute Gasteiger partial charge is 0.149 e. The minimum Gasteiger partial charge on any atom is -0.149 e. The Labute approximate surface area is 73.4 Å². The number of rotatable bonds is 3. The Morgan fingerprint density at radius 1 is 1.67 bits per heavy atom. The molecule has 0 aliphatic rings. The molecule has 0 unspecified atom stereocenters. The van der Waals surface area contributed by atoms with Gasteiger partial charge in [-0.3, -0.25) is 0 Å². The lowest BCUT2D eigenvalue weighted by atomic mass is 10.3. The highest BCUT2D eigenvalue weighted by Crippen LogP contribution is 2.12. The van der Waals surface area contributed by atoms with Crippen molar-refractivity contribution in [1.29, 1.82) is 0 Å². The molecule has 0 fully saturated rings. The summed E-state index contributed by atoms with van der Waals surface area (Å²) in [7, 11) is 0. The van der Waals surface area contributed by atoms with Crippen molar-refractivity contribution in [1.82, 2.24) is 0 Å². The Morgan fingerprint density at radius 3 is 3.11 bits per heavy atom. The van der Waals surface area contributed by atoms with Gasteiger partial charge in [0.1, 0.15) is 0 Å². The molecule has 1 radical (unpaired) electrons.